The van der Waals surface area contributed by atoms with Crippen LogP contribution in [0.5, 0.6) is 5.88 Å². The van der Waals surface area contributed by atoms with Gasteiger partial charge in [-0.05, 0) is 42.5 Å². The zero-order valence-electron chi connectivity index (χ0n) is 14.1. The van der Waals surface area contributed by atoms with Gasteiger partial charge in [0.2, 0.25) is 5.88 Å². The van der Waals surface area contributed by atoms with Gasteiger partial charge in [0, 0.05) is 44.8 Å². The summed E-state index contributed by atoms with van der Waals surface area (Å²) in [5, 5.41) is 0. The van der Waals surface area contributed by atoms with Gasteiger partial charge in [0.15, 0.2) is 5.82 Å². The number of likely N-dealkylation sites (tertiary alicyclic amines) is 1. The molecule has 0 N–H and O–H groups in total. The maximum Gasteiger partial charge on any atom is 0.250 e. The van der Waals surface area contributed by atoms with E-state index in [-0.39, 0.29) is 11.5 Å². The van der Waals surface area contributed by atoms with Gasteiger partial charge in [0.1, 0.15) is 0 Å². The number of nitrogens with zero attached hydrogens (tertiary/aromatic N) is 3. The lowest BCUT2D eigenvalue weighted by atomic mass is 9.79. The summed E-state index contributed by atoms with van der Waals surface area (Å²) >= 11 is 0. The molecular formula is C19H22FN3O2. The average molecular weight is 343 g/mol. The molecule has 2 fully saturated rings. The first kappa shape index (κ1) is 16.4. The second-order valence-electron chi connectivity index (χ2n) is 6.83. The van der Waals surface area contributed by atoms with E-state index < -0.39 is 5.82 Å². The molecule has 0 bridgehead atoms. The Balaban J connectivity index is 1.28. The predicted octanol–water partition coefficient (Wildman–Crippen LogP) is 2.68. The van der Waals surface area contributed by atoms with Crippen molar-refractivity contribution in [2.24, 2.45) is 5.92 Å². The number of hydrogen-bond donors (Lipinski definition) is 0. The lowest BCUT2D eigenvalue weighted by Crippen LogP contribution is -2.64. The lowest BCUT2D eigenvalue weighted by molar-refractivity contribution is -0.138. The number of aromatic nitrogens is 2. The quantitative estimate of drug-likeness (QED) is 0.807. The van der Waals surface area contributed by atoms with E-state index >= 15 is 0 Å². The highest BCUT2D eigenvalue weighted by molar-refractivity contribution is 5.14. The molecule has 0 saturated carbocycles. The summed E-state index contributed by atoms with van der Waals surface area (Å²) in [7, 11) is 0. The SMILES string of the molecule is Fc1cccnc1OCC[C@H]1CCOC12CN(Cc1cccnc1)C2. The molecule has 2 aliphatic heterocycles. The van der Waals surface area contributed by atoms with E-state index in [4.69, 9.17) is 9.47 Å². The highest BCUT2D eigenvalue weighted by atomic mass is 19.1. The molecule has 0 aliphatic carbocycles. The second-order valence-corrected chi connectivity index (χ2v) is 6.83. The number of hydrogen-bond acceptors (Lipinski definition) is 5. The normalized spacial score (nSPS) is 22.0. The molecule has 5 nitrogen and oxygen atoms in total. The molecule has 0 amide bonds. The van der Waals surface area contributed by atoms with E-state index in [1.807, 2.05) is 12.3 Å². The van der Waals surface area contributed by atoms with Crippen LogP contribution in [-0.2, 0) is 11.3 Å². The second kappa shape index (κ2) is 7.06. The summed E-state index contributed by atoms with van der Waals surface area (Å²) < 4.78 is 25.2. The van der Waals surface area contributed by atoms with Gasteiger partial charge in [-0.1, -0.05) is 6.07 Å². The summed E-state index contributed by atoms with van der Waals surface area (Å²) in [6.07, 6.45) is 7.14. The topological polar surface area (TPSA) is 47.5 Å². The van der Waals surface area contributed by atoms with Crippen molar-refractivity contribution < 1.29 is 13.9 Å². The van der Waals surface area contributed by atoms with E-state index in [1.54, 1.807) is 18.5 Å². The molecule has 2 aliphatic rings. The van der Waals surface area contributed by atoms with Crippen molar-refractivity contribution in [2.45, 2.75) is 25.0 Å². The van der Waals surface area contributed by atoms with Crippen molar-refractivity contribution in [1.29, 1.82) is 0 Å². The monoisotopic (exact) mass is 343 g/mol. The number of halogens is 1. The van der Waals surface area contributed by atoms with Crippen LogP contribution in [-0.4, -0.2) is 46.8 Å². The highest BCUT2D eigenvalue weighted by Crippen LogP contribution is 2.42. The molecule has 0 radical (unpaired) electrons. The molecule has 2 aromatic heterocycles. The van der Waals surface area contributed by atoms with Crippen LogP contribution >= 0.6 is 0 Å². The van der Waals surface area contributed by atoms with Crippen LogP contribution in [0.3, 0.4) is 0 Å². The predicted molar refractivity (Wildman–Crippen MR) is 90.6 cm³/mol. The summed E-state index contributed by atoms with van der Waals surface area (Å²) in [5.41, 5.74) is 1.16. The minimum atomic E-state index is -0.411. The van der Waals surface area contributed by atoms with Crippen LogP contribution in [0, 0.1) is 11.7 Å². The Morgan fingerprint density at radius 3 is 2.96 bits per heavy atom. The largest absolute Gasteiger partial charge is 0.476 e. The number of ether oxygens (including phenoxy) is 2. The fraction of sp³-hybridized carbons (Fsp3) is 0.474. The fourth-order valence-corrected chi connectivity index (χ4v) is 3.89. The Kier molecular flexibility index (Phi) is 4.63. The van der Waals surface area contributed by atoms with Crippen LogP contribution in [0.1, 0.15) is 18.4 Å². The van der Waals surface area contributed by atoms with Gasteiger partial charge in [0.25, 0.3) is 0 Å². The fourth-order valence-electron chi connectivity index (χ4n) is 3.89. The van der Waals surface area contributed by atoms with Crippen molar-refractivity contribution in [2.75, 3.05) is 26.3 Å². The molecule has 2 aromatic rings. The van der Waals surface area contributed by atoms with E-state index in [2.05, 4.69) is 20.9 Å². The lowest BCUT2D eigenvalue weighted by Gasteiger charge is -2.50. The molecule has 132 valence electrons. The van der Waals surface area contributed by atoms with Crippen LogP contribution < -0.4 is 4.74 Å². The van der Waals surface area contributed by atoms with E-state index in [9.17, 15) is 4.39 Å². The Bertz CT molecular complexity index is 707. The first-order valence-corrected chi connectivity index (χ1v) is 8.74. The van der Waals surface area contributed by atoms with Crippen molar-refractivity contribution in [1.82, 2.24) is 14.9 Å². The van der Waals surface area contributed by atoms with Gasteiger partial charge in [-0.2, -0.15) is 0 Å². The van der Waals surface area contributed by atoms with E-state index in [0.717, 1.165) is 39.1 Å². The molecule has 2 saturated heterocycles. The Labute approximate surface area is 146 Å². The first-order chi connectivity index (χ1) is 12.3. The van der Waals surface area contributed by atoms with Gasteiger partial charge < -0.3 is 9.47 Å². The zero-order valence-corrected chi connectivity index (χ0v) is 14.1. The summed E-state index contributed by atoms with van der Waals surface area (Å²) in [6, 6.07) is 6.99. The van der Waals surface area contributed by atoms with Crippen molar-refractivity contribution in [3.63, 3.8) is 0 Å². The van der Waals surface area contributed by atoms with Gasteiger partial charge >= 0.3 is 0 Å². The molecule has 4 heterocycles. The molecule has 4 rings (SSSR count). The van der Waals surface area contributed by atoms with Crippen molar-refractivity contribution >= 4 is 0 Å². The molecule has 1 atom stereocenters. The Morgan fingerprint density at radius 1 is 1.28 bits per heavy atom. The third kappa shape index (κ3) is 3.50. The smallest absolute Gasteiger partial charge is 0.250 e. The van der Waals surface area contributed by atoms with Gasteiger partial charge in [-0.25, -0.2) is 9.37 Å². The van der Waals surface area contributed by atoms with Crippen LogP contribution in [0.4, 0.5) is 4.39 Å². The summed E-state index contributed by atoms with van der Waals surface area (Å²) in [5.74, 6) is 0.123. The minimum absolute atomic E-state index is 0.0613. The van der Waals surface area contributed by atoms with Crippen LogP contribution in [0.2, 0.25) is 0 Å². The maximum absolute atomic E-state index is 13.6. The molecule has 6 heteroatoms. The Morgan fingerprint density at radius 2 is 2.16 bits per heavy atom. The van der Waals surface area contributed by atoms with Gasteiger partial charge in [-0.15, -0.1) is 0 Å². The molecule has 1 spiro atoms. The third-order valence-corrected chi connectivity index (χ3v) is 5.14. The summed E-state index contributed by atoms with van der Waals surface area (Å²) in [4.78, 5) is 10.5. The molecule has 25 heavy (non-hydrogen) atoms. The van der Waals surface area contributed by atoms with Gasteiger partial charge in [0.05, 0.1) is 12.2 Å². The van der Waals surface area contributed by atoms with Crippen LogP contribution in [0.15, 0.2) is 42.9 Å². The van der Waals surface area contributed by atoms with Crippen molar-refractivity contribution in [3.05, 3.63) is 54.2 Å². The molecule has 0 aromatic carbocycles. The first-order valence-electron chi connectivity index (χ1n) is 8.74. The molecular weight excluding hydrogens is 321 g/mol. The zero-order chi connectivity index (χ0) is 17.1. The minimum Gasteiger partial charge on any atom is -0.476 e. The summed E-state index contributed by atoms with van der Waals surface area (Å²) in [6.45, 7) is 4.03. The van der Waals surface area contributed by atoms with E-state index in [1.165, 1.54) is 11.6 Å². The molecule has 0 unspecified atom stereocenters. The number of rotatable bonds is 6. The van der Waals surface area contributed by atoms with Crippen LogP contribution in [0.25, 0.3) is 0 Å². The standard InChI is InChI=1S/C19H22FN3O2/c20-17-4-2-8-22-18(17)24-9-5-16-6-10-25-19(16)13-23(14-19)12-15-3-1-7-21-11-15/h1-4,7-8,11,16H,5-6,9-10,12-14H2/t16-/m0/s1. The maximum atomic E-state index is 13.6. The number of pyridine rings is 2. The van der Waals surface area contributed by atoms with Crippen molar-refractivity contribution in [3.8, 4) is 5.88 Å². The van der Waals surface area contributed by atoms with E-state index in [0.29, 0.717) is 12.5 Å². The average Bonchev–Trinajstić information content (AvgIpc) is 3.01. The third-order valence-electron chi connectivity index (χ3n) is 5.14. The van der Waals surface area contributed by atoms with Gasteiger partial charge in [-0.3, -0.25) is 9.88 Å². The Hall–Kier alpha value is -2.05. The highest BCUT2D eigenvalue weighted by Gasteiger charge is 2.52.